The molecular formula is C25H32N4O4. The molecule has 0 unspecified atom stereocenters. The monoisotopic (exact) mass is 452 g/mol. The minimum absolute atomic E-state index is 0.00324. The molecule has 33 heavy (non-hydrogen) atoms. The number of piperazine rings is 1. The smallest absolute Gasteiger partial charge is 0.238 e. The number of nitrogens with one attached hydrogen (secondary N) is 2. The van der Waals surface area contributed by atoms with Gasteiger partial charge < -0.3 is 20.1 Å². The molecule has 0 spiro atoms. The number of hydrogen-bond donors (Lipinski definition) is 2. The van der Waals surface area contributed by atoms with Crippen LogP contribution in [-0.2, 0) is 16.0 Å². The van der Waals surface area contributed by atoms with Crippen molar-refractivity contribution in [3.8, 4) is 11.5 Å². The van der Waals surface area contributed by atoms with Crippen LogP contribution in [0.5, 0.6) is 11.5 Å². The van der Waals surface area contributed by atoms with Crippen molar-refractivity contribution in [2.45, 2.75) is 19.8 Å². The standard InChI is InChI=1S/C25H32N4O4/c1-2-19-6-3-4-7-21(19)27-25(31)18-29-12-10-28(11-13-29)17-24(30)26-20-8-9-22-23(16-20)33-15-5-14-32-22/h3-4,6-9,16H,2,5,10-15,17-18H2,1H3,(H,26,30)(H,27,31). The highest BCUT2D eigenvalue weighted by atomic mass is 16.5. The zero-order valence-electron chi connectivity index (χ0n) is 19.1. The van der Waals surface area contributed by atoms with Gasteiger partial charge in [0, 0.05) is 50.0 Å². The molecule has 0 atom stereocenters. The van der Waals surface area contributed by atoms with Crippen molar-refractivity contribution in [1.82, 2.24) is 9.80 Å². The Balaban J connectivity index is 1.20. The highest BCUT2D eigenvalue weighted by molar-refractivity contribution is 5.93. The highest BCUT2D eigenvalue weighted by Gasteiger charge is 2.21. The number of benzene rings is 2. The van der Waals surface area contributed by atoms with Crippen LogP contribution in [0.3, 0.4) is 0 Å². The lowest BCUT2D eigenvalue weighted by Gasteiger charge is -2.33. The number of para-hydroxylation sites is 1. The molecule has 176 valence electrons. The summed E-state index contributed by atoms with van der Waals surface area (Å²) in [7, 11) is 0. The molecule has 2 N–H and O–H groups in total. The number of carbonyl (C=O) groups is 2. The van der Waals surface area contributed by atoms with Gasteiger partial charge in [0.15, 0.2) is 11.5 Å². The van der Waals surface area contributed by atoms with Crippen molar-refractivity contribution in [3.63, 3.8) is 0 Å². The van der Waals surface area contributed by atoms with E-state index in [9.17, 15) is 9.59 Å². The van der Waals surface area contributed by atoms with E-state index < -0.39 is 0 Å². The number of aryl methyl sites for hydroxylation is 1. The van der Waals surface area contributed by atoms with E-state index in [-0.39, 0.29) is 11.8 Å². The van der Waals surface area contributed by atoms with Crippen LogP contribution in [0.1, 0.15) is 18.9 Å². The third kappa shape index (κ3) is 6.46. The molecule has 0 saturated carbocycles. The lowest BCUT2D eigenvalue weighted by Crippen LogP contribution is -2.50. The first-order valence-corrected chi connectivity index (χ1v) is 11.6. The first kappa shape index (κ1) is 23.1. The van der Waals surface area contributed by atoms with Crippen LogP contribution in [0.15, 0.2) is 42.5 Å². The largest absolute Gasteiger partial charge is 0.490 e. The molecule has 4 rings (SSSR count). The lowest BCUT2D eigenvalue weighted by atomic mass is 10.1. The summed E-state index contributed by atoms with van der Waals surface area (Å²) in [6.07, 6.45) is 1.72. The lowest BCUT2D eigenvalue weighted by molar-refractivity contribution is -0.120. The Kier molecular flexibility index (Phi) is 7.80. The maximum absolute atomic E-state index is 12.5. The molecule has 1 saturated heterocycles. The molecule has 2 aromatic rings. The molecule has 2 aliphatic rings. The summed E-state index contributed by atoms with van der Waals surface area (Å²) in [5.74, 6) is 1.31. The van der Waals surface area contributed by atoms with Gasteiger partial charge in [-0.1, -0.05) is 25.1 Å². The zero-order valence-corrected chi connectivity index (χ0v) is 19.1. The van der Waals surface area contributed by atoms with Crippen LogP contribution in [-0.4, -0.2) is 74.1 Å². The van der Waals surface area contributed by atoms with Gasteiger partial charge in [-0.25, -0.2) is 0 Å². The fourth-order valence-electron chi connectivity index (χ4n) is 4.09. The van der Waals surface area contributed by atoms with Gasteiger partial charge in [-0.2, -0.15) is 0 Å². The minimum atomic E-state index is -0.0631. The van der Waals surface area contributed by atoms with E-state index in [0.29, 0.717) is 43.5 Å². The molecule has 2 aromatic carbocycles. The van der Waals surface area contributed by atoms with Crippen molar-refractivity contribution < 1.29 is 19.1 Å². The van der Waals surface area contributed by atoms with Gasteiger partial charge in [-0.3, -0.25) is 19.4 Å². The molecule has 0 radical (unpaired) electrons. The Hall–Kier alpha value is -3.10. The zero-order chi connectivity index (χ0) is 23.0. The van der Waals surface area contributed by atoms with E-state index in [0.717, 1.165) is 50.3 Å². The maximum Gasteiger partial charge on any atom is 0.238 e. The number of ether oxygens (including phenoxy) is 2. The number of anilines is 2. The van der Waals surface area contributed by atoms with Gasteiger partial charge in [-0.15, -0.1) is 0 Å². The summed E-state index contributed by atoms with van der Waals surface area (Å²) in [6.45, 7) is 6.99. The average molecular weight is 453 g/mol. The molecule has 2 amide bonds. The predicted molar refractivity (Wildman–Crippen MR) is 128 cm³/mol. The predicted octanol–water partition coefficient (Wildman–Crippen LogP) is 2.61. The van der Waals surface area contributed by atoms with Crippen LogP contribution in [0.2, 0.25) is 0 Å². The van der Waals surface area contributed by atoms with Crippen LogP contribution >= 0.6 is 0 Å². The van der Waals surface area contributed by atoms with Gasteiger partial charge in [0.2, 0.25) is 11.8 Å². The second-order valence-corrected chi connectivity index (χ2v) is 8.37. The van der Waals surface area contributed by atoms with Crippen molar-refractivity contribution in [2.24, 2.45) is 0 Å². The Labute approximate surface area is 194 Å². The Bertz CT molecular complexity index is 973. The number of rotatable bonds is 7. The van der Waals surface area contributed by atoms with Crippen molar-refractivity contribution in [2.75, 3.05) is 63.1 Å². The van der Waals surface area contributed by atoms with E-state index in [1.165, 1.54) is 0 Å². The molecular weight excluding hydrogens is 420 g/mol. The van der Waals surface area contributed by atoms with Crippen molar-refractivity contribution in [3.05, 3.63) is 48.0 Å². The first-order chi connectivity index (χ1) is 16.1. The van der Waals surface area contributed by atoms with E-state index in [1.54, 1.807) is 0 Å². The summed E-state index contributed by atoms with van der Waals surface area (Å²) in [6, 6.07) is 13.4. The highest BCUT2D eigenvalue weighted by Crippen LogP contribution is 2.32. The molecule has 0 aromatic heterocycles. The minimum Gasteiger partial charge on any atom is -0.490 e. The van der Waals surface area contributed by atoms with E-state index in [4.69, 9.17) is 9.47 Å². The molecule has 1 fully saturated rings. The van der Waals surface area contributed by atoms with Gasteiger partial charge in [0.25, 0.3) is 0 Å². The average Bonchev–Trinajstić information content (AvgIpc) is 3.06. The van der Waals surface area contributed by atoms with Gasteiger partial charge in [0.05, 0.1) is 26.3 Å². The molecule has 2 aliphatic heterocycles. The van der Waals surface area contributed by atoms with Gasteiger partial charge in [0.1, 0.15) is 0 Å². The molecule has 8 nitrogen and oxygen atoms in total. The van der Waals surface area contributed by atoms with E-state index in [2.05, 4.69) is 27.4 Å². The summed E-state index contributed by atoms with van der Waals surface area (Å²) in [4.78, 5) is 29.3. The summed E-state index contributed by atoms with van der Waals surface area (Å²) < 4.78 is 11.3. The van der Waals surface area contributed by atoms with E-state index in [1.807, 2.05) is 42.5 Å². The quantitative estimate of drug-likeness (QED) is 0.672. The number of carbonyl (C=O) groups excluding carboxylic acids is 2. The third-order valence-electron chi connectivity index (χ3n) is 5.90. The van der Waals surface area contributed by atoms with Crippen molar-refractivity contribution in [1.29, 1.82) is 0 Å². The summed E-state index contributed by atoms with van der Waals surface area (Å²) in [5.41, 5.74) is 2.72. The second-order valence-electron chi connectivity index (χ2n) is 8.37. The fourth-order valence-corrected chi connectivity index (χ4v) is 4.09. The maximum atomic E-state index is 12.5. The number of hydrogen-bond acceptors (Lipinski definition) is 6. The third-order valence-corrected chi connectivity index (χ3v) is 5.90. The number of nitrogens with zero attached hydrogens (tertiary/aromatic N) is 2. The van der Waals surface area contributed by atoms with E-state index >= 15 is 0 Å². The Morgan fingerprint density at radius 3 is 2.18 bits per heavy atom. The van der Waals surface area contributed by atoms with Gasteiger partial charge >= 0.3 is 0 Å². The molecule has 0 bridgehead atoms. The molecule has 2 heterocycles. The van der Waals surface area contributed by atoms with Crippen LogP contribution in [0, 0.1) is 0 Å². The van der Waals surface area contributed by atoms with Crippen LogP contribution in [0.4, 0.5) is 11.4 Å². The summed E-state index contributed by atoms with van der Waals surface area (Å²) >= 11 is 0. The first-order valence-electron chi connectivity index (χ1n) is 11.6. The van der Waals surface area contributed by atoms with Crippen LogP contribution in [0.25, 0.3) is 0 Å². The Morgan fingerprint density at radius 2 is 1.48 bits per heavy atom. The SMILES string of the molecule is CCc1ccccc1NC(=O)CN1CCN(CC(=O)Nc2ccc3c(c2)OCCCO3)CC1. The topological polar surface area (TPSA) is 83.1 Å². The number of fused-ring (bicyclic) bond motifs is 1. The Morgan fingerprint density at radius 1 is 0.848 bits per heavy atom. The van der Waals surface area contributed by atoms with Crippen molar-refractivity contribution >= 4 is 23.2 Å². The van der Waals surface area contributed by atoms with Gasteiger partial charge in [-0.05, 0) is 30.2 Å². The van der Waals surface area contributed by atoms with Crippen LogP contribution < -0.4 is 20.1 Å². The molecule has 8 heteroatoms. The fraction of sp³-hybridized carbons (Fsp3) is 0.440. The normalized spacial score (nSPS) is 16.6. The second kappa shape index (κ2) is 11.2. The molecule has 0 aliphatic carbocycles. The number of amides is 2. The summed E-state index contributed by atoms with van der Waals surface area (Å²) in [5, 5.41) is 5.97.